The summed E-state index contributed by atoms with van der Waals surface area (Å²) >= 11 is 0. The maximum atomic E-state index is 5.81. The molecule has 1 heterocycles. The van der Waals surface area contributed by atoms with Gasteiger partial charge in [-0.2, -0.15) is 4.57 Å². The van der Waals surface area contributed by atoms with Crippen molar-refractivity contribution in [1.82, 2.24) is 0 Å². The topological polar surface area (TPSA) is 22.3 Å². The number of fused-ring (bicyclic) bond motifs is 1. The second-order valence-corrected chi connectivity index (χ2v) is 9.57. The van der Waals surface area contributed by atoms with E-state index in [2.05, 4.69) is 105 Å². The van der Waals surface area contributed by atoms with Gasteiger partial charge in [0.25, 0.3) is 0 Å². The molecule has 1 aromatic heterocycles. The number of halogens is 1. The molecule has 0 aliphatic heterocycles. The Morgan fingerprint density at radius 1 is 0.794 bits per heavy atom. The lowest BCUT2D eigenvalue weighted by Crippen LogP contribution is -3.00. The normalized spacial score (nSPS) is 11.2. The molecule has 4 aromatic rings. The van der Waals surface area contributed by atoms with Crippen molar-refractivity contribution >= 4 is 10.9 Å². The molecular formula is C30H34INO2. The van der Waals surface area contributed by atoms with E-state index in [1.54, 1.807) is 14.2 Å². The van der Waals surface area contributed by atoms with E-state index in [0.717, 1.165) is 46.7 Å². The Hall–Kier alpha value is -2.60. The van der Waals surface area contributed by atoms with Gasteiger partial charge in [-0.3, -0.25) is 0 Å². The predicted molar refractivity (Wildman–Crippen MR) is 137 cm³/mol. The number of aromatic nitrogens is 1. The zero-order chi connectivity index (χ0) is 23.6. The minimum atomic E-state index is 0. The van der Waals surface area contributed by atoms with E-state index in [9.17, 15) is 0 Å². The van der Waals surface area contributed by atoms with Crippen molar-refractivity contribution in [2.45, 2.75) is 46.1 Å². The fourth-order valence-corrected chi connectivity index (χ4v) is 4.39. The number of hydrogen-bond donors (Lipinski definition) is 0. The third-order valence-corrected chi connectivity index (χ3v) is 6.19. The highest BCUT2D eigenvalue weighted by Crippen LogP contribution is 2.42. The monoisotopic (exact) mass is 567 g/mol. The Balaban J connectivity index is 0.00000324. The van der Waals surface area contributed by atoms with Crippen LogP contribution in [0, 0.1) is 0 Å². The first-order chi connectivity index (χ1) is 15.9. The summed E-state index contributed by atoms with van der Waals surface area (Å²) in [6, 6.07) is 23.9. The van der Waals surface area contributed by atoms with Crippen LogP contribution >= 0.6 is 0 Å². The molecule has 0 saturated heterocycles. The Morgan fingerprint density at radius 3 is 2.12 bits per heavy atom. The number of benzene rings is 3. The summed E-state index contributed by atoms with van der Waals surface area (Å²) in [4.78, 5) is 0. The zero-order valence-electron chi connectivity index (χ0n) is 21.0. The number of hydrogen-bond acceptors (Lipinski definition) is 2. The second kappa shape index (κ2) is 10.8. The number of aryl methyl sites for hydroxylation is 1. The Kier molecular flexibility index (Phi) is 8.24. The summed E-state index contributed by atoms with van der Waals surface area (Å²) in [6.07, 6.45) is 3.33. The van der Waals surface area contributed by atoms with Gasteiger partial charge >= 0.3 is 0 Å². The lowest BCUT2D eigenvalue weighted by Gasteiger charge is -2.20. The van der Waals surface area contributed by atoms with Crippen molar-refractivity contribution < 1.29 is 38.0 Å². The third kappa shape index (κ3) is 5.22. The van der Waals surface area contributed by atoms with Crippen LogP contribution in [-0.4, -0.2) is 14.2 Å². The average molecular weight is 568 g/mol. The van der Waals surface area contributed by atoms with Gasteiger partial charge in [0.1, 0.15) is 6.54 Å². The average Bonchev–Trinajstić information content (AvgIpc) is 2.82. The first-order valence-electron chi connectivity index (χ1n) is 11.6. The molecule has 178 valence electrons. The number of pyridine rings is 1. The predicted octanol–water partition coefficient (Wildman–Crippen LogP) is 4.19. The van der Waals surface area contributed by atoms with E-state index < -0.39 is 0 Å². The highest BCUT2D eigenvalue weighted by Gasteiger charge is 2.19. The van der Waals surface area contributed by atoms with Crippen LogP contribution in [-0.2, 0) is 12.0 Å². The Bertz CT molecular complexity index is 1270. The van der Waals surface area contributed by atoms with E-state index >= 15 is 0 Å². The van der Waals surface area contributed by atoms with E-state index in [-0.39, 0.29) is 29.4 Å². The lowest BCUT2D eigenvalue weighted by molar-refractivity contribution is -0.670. The van der Waals surface area contributed by atoms with E-state index in [4.69, 9.17) is 9.47 Å². The van der Waals surface area contributed by atoms with Crippen molar-refractivity contribution in [3.05, 3.63) is 78.5 Å². The molecule has 0 aliphatic carbocycles. The van der Waals surface area contributed by atoms with Gasteiger partial charge in [0.05, 0.1) is 14.2 Å². The molecule has 0 saturated carbocycles. The molecule has 0 aliphatic rings. The molecule has 0 atom stereocenters. The molecule has 0 spiro atoms. The number of ether oxygens (including phenoxy) is 2. The highest BCUT2D eigenvalue weighted by molar-refractivity contribution is 5.85. The summed E-state index contributed by atoms with van der Waals surface area (Å²) in [6.45, 7) is 9.89. The van der Waals surface area contributed by atoms with E-state index in [1.165, 1.54) is 16.5 Å². The first kappa shape index (κ1) is 26.0. The molecule has 0 fully saturated rings. The number of nitrogens with zero attached hydrogens (tertiary/aromatic N) is 1. The summed E-state index contributed by atoms with van der Waals surface area (Å²) < 4.78 is 13.9. The molecule has 3 aromatic carbocycles. The summed E-state index contributed by atoms with van der Waals surface area (Å²) in [7, 11) is 3.40. The minimum absolute atomic E-state index is 0. The number of para-hydroxylation sites is 1. The van der Waals surface area contributed by atoms with Crippen molar-refractivity contribution in [2.24, 2.45) is 0 Å². The summed E-state index contributed by atoms with van der Waals surface area (Å²) in [5.74, 6) is 1.49. The van der Waals surface area contributed by atoms with Gasteiger partial charge in [-0.1, -0.05) is 64.1 Å². The van der Waals surface area contributed by atoms with Crippen LogP contribution in [0.5, 0.6) is 11.5 Å². The van der Waals surface area contributed by atoms with Crippen LogP contribution in [0.2, 0.25) is 0 Å². The van der Waals surface area contributed by atoms with Crippen LogP contribution in [0.25, 0.3) is 33.2 Å². The molecule has 3 nitrogen and oxygen atoms in total. The molecule has 0 unspecified atom stereocenters. The van der Waals surface area contributed by atoms with Gasteiger partial charge in [0, 0.05) is 29.0 Å². The van der Waals surface area contributed by atoms with Crippen molar-refractivity contribution in [1.29, 1.82) is 0 Å². The minimum Gasteiger partial charge on any atom is -1.00 e. The smallest absolute Gasteiger partial charge is 0.212 e. The molecule has 0 amide bonds. The van der Waals surface area contributed by atoms with Crippen molar-refractivity contribution in [3.63, 3.8) is 0 Å². The molecular weight excluding hydrogens is 533 g/mol. The molecule has 4 heteroatoms. The highest BCUT2D eigenvalue weighted by atomic mass is 127. The van der Waals surface area contributed by atoms with Crippen LogP contribution in [0.1, 0.15) is 39.7 Å². The maximum Gasteiger partial charge on any atom is 0.212 e. The van der Waals surface area contributed by atoms with E-state index in [0.29, 0.717) is 0 Å². The van der Waals surface area contributed by atoms with Gasteiger partial charge in [0.15, 0.2) is 17.7 Å². The SMILES string of the molecule is CCC[n+]1cc(-c2cc(OC)c(OC)c(-c3ccc(C(C)(C)C)cc3)c2)cc2ccccc21.[I-]. The van der Waals surface area contributed by atoms with Crippen LogP contribution in [0.4, 0.5) is 0 Å². The van der Waals surface area contributed by atoms with E-state index in [1.807, 2.05) is 0 Å². The number of rotatable bonds is 6. The maximum absolute atomic E-state index is 5.81. The quantitative estimate of drug-likeness (QED) is 0.258. The molecule has 0 N–H and O–H groups in total. The Labute approximate surface area is 220 Å². The molecule has 0 radical (unpaired) electrons. The molecule has 4 rings (SSSR count). The van der Waals surface area contributed by atoms with Crippen LogP contribution in [0.15, 0.2) is 72.9 Å². The van der Waals surface area contributed by atoms with Gasteiger partial charge in [0.2, 0.25) is 5.52 Å². The van der Waals surface area contributed by atoms with Gasteiger partial charge in [-0.15, -0.1) is 0 Å². The molecule has 34 heavy (non-hydrogen) atoms. The van der Waals surface area contributed by atoms with Gasteiger partial charge in [-0.25, -0.2) is 0 Å². The van der Waals surface area contributed by atoms with Crippen molar-refractivity contribution in [3.8, 4) is 33.8 Å². The van der Waals surface area contributed by atoms with Gasteiger partial charge in [-0.05, 0) is 46.4 Å². The standard InChI is InChI=1S/C30H34NO2.HI/c1-7-16-31-20-24(17-22-10-8-9-11-27(22)31)23-18-26(29(33-6)28(19-23)32-5)21-12-14-25(15-13-21)30(2,3)4;/h8-15,17-20H,7,16H2,1-6H3;1H/q+1;/p-1. The second-order valence-electron chi connectivity index (χ2n) is 9.57. The largest absolute Gasteiger partial charge is 1.00 e. The molecule has 0 bridgehead atoms. The van der Waals surface area contributed by atoms with Gasteiger partial charge < -0.3 is 33.5 Å². The fourth-order valence-electron chi connectivity index (χ4n) is 4.39. The Morgan fingerprint density at radius 2 is 1.50 bits per heavy atom. The number of methoxy groups -OCH3 is 2. The lowest BCUT2D eigenvalue weighted by atomic mass is 9.86. The van der Waals surface area contributed by atoms with Crippen molar-refractivity contribution in [2.75, 3.05) is 14.2 Å². The summed E-state index contributed by atoms with van der Waals surface area (Å²) in [5, 5.41) is 1.23. The summed E-state index contributed by atoms with van der Waals surface area (Å²) in [5.41, 5.74) is 7.09. The first-order valence-corrected chi connectivity index (χ1v) is 11.6. The zero-order valence-corrected chi connectivity index (χ0v) is 23.1. The van der Waals surface area contributed by atoms with Crippen LogP contribution in [0.3, 0.4) is 0 Å². The van der Waals surface area contributed by atoms with Crippen LogP contribution < -0.4 is 38.0 Å². The third-order valence-electron chi connectivity index (χ3n) is 6.19. The fraction of sp³-hybridized carbons (Fsp3) is 0.300.